The Morgan fingerprint density at radius 3 is 2.88 bits per heavy atom. The van der Waals surface area contributed by atoms with Crippen molar-refractivity contribution in [3.63, 3.8) is 0 Å². The van der Waals surface area contributed by atoms with E-state index in [9.17, 15) is 4.79 Å². The molecule has 0 bridgehead atoms. The number of aromatic amines is 1. The maximum atomic E-state index is 11.7. The maximum Gasteiger partial charge on any atom is 0.253 e. The number of carbonyl (C=O) groups excluding carboxylic acids is 1. The van der Waals surface area contributed by atoms with Gasteiger partial charge in [0, 0.05) is 12.4 Å². The summed E-state index contributed by atoms with van der Waals surface area (Å²) in [5.74, 6) is -0.273. The standard InChI is InChI=1S/C10H8Cl2N4O/c11-8-1-6(2-14-9(8)12)10(17)15-4-7-3-13-5-16-7/h1-3,5H,4H2,(H,13,16)(H,15,17). The molecule has 5 nitrogen and oxygen atoms in total. The fraction of sp³-hybridized carbons (Fsp3) is 0.100. The highest BCUT2D eigenvalue weighted by molar-refractivity contribution is 6.41. The summed E-state index contributed by atoms with van der Waals surface area (Å²) in [5, 5.41) is 3.12. The smallest absolute Gasteiger partial charge is 0.253 e. The average Bonchev–Trinajstić information content (AvgIpc) is 2.82. The Morgan fingerprint density at radius 1 is 1.41 bits per heavy atom. The van der Waals surface area contributed by atoms with E-state index in [1.165, 1.54) is 12.3 Å². The Kier molecular flexibility index (Phi) is 3.61. The molecule has 2 heterocycles. The topological polar surface area (TPSA) is 70.7 Å². The lowest BCUT2D eigenvalue weighted by Crippen LogP contribution is -2.23. The summed E-state index contributed by atoms with van der Waals surface area (Å²) in [6.07, 6.45) is 4.55. The van der Waals surface area contributed by atoms with Gasteiger partial charge in [-0.15, -0.1) is 0 Å². The summed E-state index contributed by atoms with van der Waals surface area (Å²) in [4.78, 5) is 22.2. The highest BCUT2D eigenvalue weighted by Gasteiger charge is 2.08. The van der Waals surface area contributed by atoms with Gasteiger partial charge in [-0.05, 0) is 6.07 Å². The van der Waals surface area contributed by atoms with Crippen LogP contribution >= 0.6 is 23.2 Å². The monoisotopic (exact) mass is 270 g/mol. The molecule has 17 heavy (non-hydrogen) atoms. The van der Waals surface area contributed by atoms with Crippen LogP contribution in [0.3, 0.4) is 0 Å². The third kappa shape index (κ3) is 2.95. The highest BCUT2D eigenvalue weighted by Crippen LogP contribution is 2.19. The number of nitrogens with one attached hydrogen (secondary N) is 2. The Balaban J connectivity index is 2.02. The van der Waals surface area contributed by atoms with E-state index in [1.807, 2.05) is 0 Å². The summed E-state index contributed by atoms with van der Waals surface area (Å²) in [7, 11) is 0. The van der Waals surface area contributed by atoms with Gasteiger partial charge in [0.1, 0.15) is 5.15 Å². The molecule has 2 N–H and O–H groups in total. The van der Waals surface area contributed by atoms with Gasteiger partial charge < -0.3 is 10.3 Å². The summed E-state index contributed by atoms with van der Waals surface area (Å²) < 4.78 is 0. The number of amides is 1. The Labute approximate surface area is 107 Å². The zero-order valence-electron chi connectivity index (χ0n) is 8.58. The SMILES string of the molecule is O=C(NCc1cnc[nH]1)c1cnc(Cl)c(Cl)c1. The second-order valence-electron chi connectivity index (χ2n) is 3.26. The van der Waals surface area contributed by atoms with Gasteiger partial charge in [-0.2, -0.15) is 0 Å². The van der Waals surface area contributed by atoms with Gasteiger partial charge in [0.05, 0.1) is 29.2 Å². The van der Waals surface area contributed by atoms with Crippen LogP contribution in [0, 0.1) is 0 Å². The zero-order chi connectivity index (χ0) is 12.3. The number of nitrogens with zero attached hydrogens (tertiary/aromatic N) is 2. The number of carbonyl (C=O) groups is 1. The van der Waals surface area contributed by atoms with E-state index in [4.69, 9.17) is 23.2 Å². The van der Waals surface area contributed by atoms with E-state index in [-0.39, 0.29) is 16.1 Å². The minimum absolute atomic E-state index is 0.178. The molecule has 0 saturated carbocycles. The van der Waals surface area contributed by atoms with Gasteiger partial charge in [-0.25, -0.2) is 9.97 Å². The number of rotatable bonds is 3. The third-order valence-corrected chi connectivity index (χ3v) is 2.74. The van der Waals surface area contributed by atoms with Crippen molar-refractivity contribution in [3.05, 3.63) is 46.2 Å². The lowest BCUT2D eigenvalue weighted by atomic mass is 10.2. The molecule has 2 aromatic rings. The number of H-pyrrole nitrogens is 1. The molecule has 0 saturated heterocycles. The number of hydrogen-bond donors (Lipinski definition) is 2. The maximum absolute atomic E-state index is 11.7. The second kappa shape index (κ2) is 5.16. The molecule has 88 valence electrons. The van der Waals surface area contributed by atoms with E-state index in [2.05, 4.69) is 20.3 Å². The van der Waals surface area contributed by atoms with Gasteiger partial charge in [-0.3, -0.25) is 4.79 Å². The van der Waals surface area contributed by atoms with Crippen LogP contribution in [-0.2, 0) is 6.54 Å². The van der Waals surface area contributed by atoms with Crippen LogP contribution in [0.15, 0.2) is 24.8 Å². The van der Waals surface area contributed by atoms with Crippen molar-refractivity contribution in [2.24, 2.45) is 0 Å². The molecule has 0 atom stereocenters. The van der Waals surface area contributed by atoms with Gasteiger partial charge in [0.15, 0.2) is 0 Å². The summed E-state index contributed by atoms with van der Waals surface area (Å²) >= 11 is 11.4. The predicted octanol–water partition coefficient (Wildman–Crippen LogP) is 2.04. The van der Waals surface area contributed by atoms with E-state index >= 15 is 0 Å². The minimum atomic E-state index is -0.273. The van der Waals surface area contributed by atoms with Crippen LogP contribution in [0.4, 0.5) is 0 Å². The van der Waals surface area contributed by atoms with E-state index in [0.717, 1.165) is 5.69 Å². The molecule has 0 fully saturated rings. The van der Waals surface area contributed by atoms with Crippen molar-refractivity contribution in [3.8, 4) is 0 Å². The van der Waals surface area contributed by atoms with Crippen molar-refractivity contribution in [2.75, 3.05) is 0 Å². The first kappa shape index (κ1) is 11.9. The minimum Gasteiger partial charge on any atom is -0.347 e. The number of halogens is 2. The normalized spacial score (nSPS) is 10.2. The first-order valence-corrected chi connectivity index (χ1v) is 5.49. The van der Waals surface area contributed by atoms with Crippen LogP contribution in [0.2, 0.25) is 10.2 Å². The summed E-state index contributed by atoms with van der Waals surface area (Å²) in [5.41, 5.74) is 1.17. The molecule has 2 aromatic heterocycles. The van der Waals surface area contributed by atoms with Crippen molar-refractivity contribution in [1.82, 2.24) is 20.3 Å². The quantitative estimate of drug-likeness (QED) is 0.839. The molecule has 0 aliphatic heterocycles. The molecule has 7 heteroatoms. The first-order chi connectivity index (χ1) is 8.16. The number of hydrogen-bond acceptors (Lipinski definition) is 3. The molecule has 0 spiro atoms. The van der Waals surface area contributed by atoms with Gasteiger partial charge in [-0.1, -0.05) is 23.2 Å². The molecule has 0 unspecified atom stereocenters. The molecule has 1 amide bonds. The van der Waals surface area contributed by atoms with Crippen LogP contribution < -0.4 is 5.32 Å². The average molecular weight is 271 g/mol. The van der Waals surface area contributed by atoms with Gasteiger partial charge in [0.25, 0.3) is 5.91 Å². The van der Waals surface area contributed by atoms with E-state index < -0.39 is 0 Å². The summed E-state index contributed by atoms with van der Waals surface area (Å²) in [6, 6.07) is 1.47. The number of pyridine rings is 1. The van der Waals surface area contributed by atoms with Gasteiger partial charge in [0.2, 0.25) is 0 Å². The zero-order valence-corrected chi connectivity index (χ0v) is 10.1. The molecule has 2 rings (SSSR count). The van der Waals surface area contributed by atoms with Crippen molar-refractivity contribution >= 4 is 29.1 Å². The van der Waals surface area contributed by atoms with E-state index in [1.54, 1.807) is 12.5 Å². The Bertz CT molecular complexity index is 527. The fourth-order valence-electron chi connectivity index (χ4n) is 1.20. The molecular formula is C10H8Cl2N4O. The fourth-order valence-corrected chi connectivity index (χ4v) is 1.47. The number of aromatic nitrogens is 3. The van der Waals surface area contributed by atoms with Gasteiger partial charge >= 0.3 is 0 Å². The summed E-state index contributed by atoms with van der Waals surface area (Å²) in [6.45, 7) is 0.360. The van der Waals surface area contributed by atoms with Crippen LogP contribution in [0.25, 0.3) is 0 Å². The largest absolute Gasteiger partial charge is 0.347 e. The lowest BCUT2D eigenvalue weighted by molar-refractivity contribution is 0.0950. The molecule has 0 aliphatic carbocycles. The third-order valence-electron chi connectivity index (χ3n) is 2.05. The van der Waals surface area contributed by atoms with E-state index in [0.29, 0.717) is 12.1 Å². The van der Waals surface area contributed by atoms with Crippen LogP contribution in [0.5, 0.6) is 0 Å². The molecule has 0 radical (unpaired) electrons. The Morgan fingerprint density at radius 2 is 2.24 bits per heavy atom. The molecule has 0 aliphatic rings. The van der Waals surface area contributed by atoms with Crippen molar-refractivity contribution < 1.29 is 4.79 Å². The lowest BCUT2D eigenvalue weighted by Gasteiger charge is -2.04. The Hall–Kier alpha value is -1.59. The molecule has 0 aromatic carbocycles. The van der Waals surface area contributed by atoms with Crippen molar-refractivity contribution in [2.45, 2.75) is 6.54 Å². The second-order valence-corrected chi connectivity index (χ2v) is 4.02. The predicted molar refractivity (Wildman–Crippen MR) is 64.0 cm³/mol. The number of imidazole rings is 1. The van der Waals surface area contributed by atoms with Crippen LogP contribution in [0.1, 0.15) is 16.1 Å². The highest BCUT2D eigenvalue weighted by atomic mass is 35.5. The van der Waals surface area contributed by atoms with Crippen LogP contribution in [-0.4, -0.2) is 20.9 Å². The van der Waals surface area contributed by atoms with Crippen molar-refractivity contribution in [1.29, 1.82) is 0 Å². The first-order valence-electron chi connectivity index (χ1n) is 4.73. The molecular weight excluding hydrogens is 263 g/mol.